The molecule has 0 fully saturated rings. The molecule has 0 aliphatic carbocycles. The first-order valence-corrected chi connectivity index (χ1v) is 11.0. The summed E-state index contributed by atoms with van der Waals surface area (Å²) in [5.41, 5.74) is 8.12. The lowest BCUT2D eigenvalue weighted by atomic mass is 10.1. The third-order valence-electron chi connectivity index (χ3n) is 4.74. The fourth-order valence-corrected chi connectivity index (χ4v) is 3.91. The highest BCUT2D eigenvalue weighted by Crippen LogP contribution is 2.38. The van der Waals surface area contributed by atoms with Gasteiger partial charge in [-0.2, -0.15) is 0 Å². The van der Waals surface area contributed by atoms with Gasteiger partial charge < -0.3 is 25.1 Å². The number of aryl methyl sites for hydroxylation is 2. The molecule has 0 saturated carbocycles. The Labute approximate surface area is 199 Å². The Morgan fingerprint density at radius 1 is 1.39 bits per heavy atom. The van der Waals surface area contributed by atoms with Gasteiger partial charge in [-0.1, -0.05) is 37.6 Å². The topological polar surface area (TPSA) is 93.6 Å². The van der Waals surface area contributed by atoms with Crippen LogP contribution in [-0.2, 0) is 0 Å². The molecule has 3 N–H and O–H groups in total. The number of likely N-dealkylation sites (N-methyl/N-ethyl adjacent to an activating group) is 1. The van der Waals surface area contributed by atoms with Crippen LogP contribution in [0.2, 0.25) is 0 Å². The van der Waals surface area contributed by atoms with Crippen LogP contribution in [0.3, 0.4) is 0 Å². The largest absolute Gasteiger partial charge is 0.488 e. The molecule has 8 heteroatoms. The van der Waals surface area contributed by atoms with Gasteiger partial charge in [-0.15, -0.1) is 0 Å². The number of rotatable bonds is 11. The van der Waals surface area contributed by atoms with Crippen LogP contribution in [0, 0.1) is 13.8 Å². The summed E-state index contributed by atoms with van der Waals surface area (Å²) in [5.74, 6) is 1.51. The van der Waals surface area contributed by atoms with Gasteiger partial charge in [0.1, 0.15) is 23.9 Å². The highest BCUT2D eigenvalue weighted by molar-refractivity contribution is 8.03. The lowest BCUT2D eigenvalue weighted by Crippen LogP contribution is -2.19. The number of aromatic nitrogens is 1. The van der Waals surface area contributed by atoms with E-state index in [0.717, 1.165) is 15.5 Å². The molecule has 1 amide bonds. The Kier molecular flexibility index (Phi) is 9.18. The zero-order valence-electron chi connectivity index (χ0n) is 19.5. The molecule has 0 radical (unpaired) electrons. The Bertz CT molecular complexity index is 1120. The van der Waals surface area contributed by atoms with Crippen LogP contribution in [-0.4, -0.2) is 36.5 Å². The predicted molar refractivity (Wildman–Crippen MR) is 136 cm³/mol. The minimum Gasteiger partial charge on any atom is -0.488 e. The Morgan fingerprint density at radius 3 is 2.76 bits per heavy atom. The van der Waals surface area contributed by atoms with E-state index in [1.165, 1.54) is 18.0 Å². The van der Waals surface area contributed by atoms with Crippen molar-refractivity contribution in [1.29, 1.82) is 0 Å². The summed E-state index contributed by atoms with van der Waals surface area (Å²) in [7, 11) is 3.43. The lowest BCUT2D eigenvalue weighted by Gasteiger charge is -2.19. The van der Waals surface area contributed by atoms with E-state index < -0.39 is 0 Å². The first-order chi connectivity index (χ1) is 15.7. The smallest absolute Gasteiger partial charge is 0.255 e. The number of carbonyl (C=O) groups excluding carboxylic acids is 1. The van der Waals surface area contributed by atoms with Crippen molar-refractivity contribution in [3.8, 4) is 5.75 Å². The summed E-state index contributed by atoms with van der Waals surface area (Å²) in [6.07, 6.45) is 10.0. The van der Waals surface area contributed by atoms with Gasteiger partial charge in [0, 0.05) is 48.9 Å². The highest BCUT2D eigenvalue weighted by Gasteiger charge is 2.19. The Morgan fingerprint density at radius 2 is 2.12 bits per heavy atom. The number of hydrogen-bond donors (Lipinski definition) is 2. The fraction of sp³-hybridized carbons (Fsp3) is 0.200. The molecule has 0 atom stereocenters. The van der Waals surface area contributed by atoms with Gasteiger partial charge >= 0.3 is 0 Å². The van der Waals surface area contributed by atoms with Crippen LogP contribution in [0.5, 0.6) is 5.75 Å². The minimum absolute atomic E-state index is 0.221. The van der Waals surface area contributed by atoms with Gasteiger partial charge in [0.05, 0.1) is 16.2 Å². The zero-order valence-corrected chi connectivity index (χ0v) is 20.3. The molecule has 0 aliphatic rings. The molecule has 33 heavy (non-hydrogen) atoms. The van der Waals surface area contributed by atoms with Crippen molar-refractivity contribution in [2.75, 3.05) is 20.7 Å². The van der Waals surface area contributed by atoms with Crippen LogP contribution in [0.25, 0.3) is 12.2 Å². The van der Waals surface area contributed by atoms with Gasteiger partial charge in [0.15, 0.2) is 0 Å². The summed E-state index contributed by atoms with van der Waals surface area (Å²) >= 11 is 1.43. The van der Waals surface area contributed by atoms with E-state index in [2.05, 4.69) is 30.0 Å². The highest BCUT2D eigenvalue weighted by atomic mass is 32.2. The standard InChI is InChI=1S/C25H30N4O3S/c1-8-21-20(23(18(4)32-21)25(30)27-6)10-9-15-31-22-11-13-28-16(2)24(22)33-19(5)17(3)29(7)14-12-26/h8-14H,1,3,5,15,26H2,2,4,6-7H3,(H,27,30)/b10-9-,14-12-. The molecule has 2 rings (SSSR count). The first kappa shape index (κ1) is 25.6. The molecule has 2 heterocycles. The number of pyridine rings is 1. The van der Waals surface area contributed by atoms with Crippen molar-refractivity contribution in [3.63, 3.8) is 0 Å². The molecule has 0 aromatic carbocycles. The number of nitrogens with one attached hydrogen (secondary N) is 1. The first-order valence-electron chi connectivity index (χ1n) is 10.1. The maximum absolute atomic E-state index is 12.3. The number of thioether (sulfide) groups is 1. The molecule has 2 aromatic heterocycles. The minimum atomic E-state index is -0.221. The molecular formula is C25H30N4O3S. The molecule has 0 aliphatic heterocycles. The third kappa shape index (κ3) is 6.20. The molecule has 0 saturated heterocycles. The van der Waals surface area contributed by atoms with Gasteiger partial charge in [-0.05, 0) is 32.1 Å². The van der Waals surface area contributed by atoms with Gasteiger partial charge in [0.2, 0.25) is 0 Å². The number of hydrogen-bond acceptors (Lipinski definition) is 7. The maximum atomic E-state index is 12.3. The number of nitrogens with two attached hydrogens (primary N) is 1. The summed E-state index contributed by atoms with van der Waals surface area (Å²) in [6, 6.07) is 1.80. The van der Waals surface area contributed by atoms with Crippen molar-refractivity contribution in [2.24, 2.45) is 5.73 Å². The van der Waals surface area contributed by atoms with Crippen molar-refractivity contribution in [2.45, 2.75) is 18.7 Å². The van der Waals surface area contributed by atoms with E-state index in [4.69, 9.17) is 14.9 Å². The number of amides is 1. The van der Waals surface area contributed by atoms with Crippen LogP contribution >= 0.6 is 11.8 Å². The SMILES string of the molecule is C=Cc1oc(C)c(C(=O)NC)c1/C=C\COc1ccnc(C)c1SC(=C)C(=C)N(C)/C=C\N. The van der Waals surface area contributed by atoms with E-state index in [1.807, 2.05) is 20.0 Å². The van der Waals surface area contributed by atoms with Crippen LogP contribution in [0.1, 0.15) is 33.1 Å². The summed E-state index contributed by atoms with van der Waals surface area (Å²) in [6.45, 7) is 15.9. The number of furan rings is 1. The molecule has 2 aromatic rings. The van der Waals surface area contributed by atoms with Crippen LogP contribution in [0.15, 0.2) is 70.4 Å². The van der Waals surface area contributed by atoms with Gasteiger partial charge in [-0.25, -0.2) is 0 Å². The van der Waals surface area contributed by atoms with Crippen LogP contribution < -0.4 is 15.8 Å². The lowest BCUT2D eigenvalue weighted by molar-refractivity contribution is 0.0961. The summed E-state index contributed by atoms with van der Waals surface area (Å²) in [4.78, 5) is 20.0. The van der Waals surface area contributed by atoms with E-state index in [1.54, 1.807) is 49.5 Å². The van der Waals surface area contributed by atoms with E-state index in [9.17, 15) is 4.79 Å². The number of nitrogens with zero attached hydrogens (tertiary/aromatic N) is 2. The maximum Gasteiger partial charge on any atom is 0.255 e. The normalized spacial score (nSPS) is 11.0. The fourth-order valence-electron chi connectivity index (χ4n) is 2.98. The summed E-state index contributed by atoms with van der Waals surface area (Å²) < 4.78 is 11.7. The number of carbonyl (C=O) groups is 1. The van der Waals surface area contributed by atoms with Gasteiger partial charge in [-0.3, -0.25) is 9.78 Å². The molecule has 0 unspecified atom stereocenters. The molecule has 174 valence electrons. The van der Waals surface area contributed by atoms with E-state index in [-0.39, 0.29) is 12.5 Å². The van der Waals surface area contributed by atoms with Gasteiger partial charge in [0.25, 0.3) is 5.91 Å². The molecule has 0 spiro atoms. The zero-order chi connectivity index (χ0) is 24.5. The van der Waals surface area contributed by atoms with Crippen molar-refractivity contribution in [1.82, 2.24) is 15.2 Å². The van der Waals surface area contributed by atoms with E-state index >= 15 is 0 Å². The Hall–Kier alpha value is -3.65. The second-order valence-electron chi connectivity index (χ2n) is 6.96. The monoisotopic (exact) mass is 466 g/mol. The predicted octanol–water partition coefficient (Wildman–Crippen LogP) is 4.87. The average Bonchev–Trinajstić information content (AvgIpc) is 3.12. The second-order valence-corrected chi connectivity index (χ2v) is 8.06. The van der Waals surface area contributed by atoms with Crippen molar-refractivity contribution < 1.29 is 13.9 Å². The summed E-state index contributed by atoms with van der Waals surface area (Å²) in [5, 5.41) is 2.63. The Balaban J connectivity index is 2.19. The third-order valence-corrected chi connectivity index (χ3v) is 5.92. The quantitative estimate of drug-likeness (QED) is 0.360. The average molecular weight is 467 g/mol. The second kappa shape index (κ2) is 11.8. The molecular weight excluding hydrogens is 436 g/mol. The van der Waals surface area contributed by atoms with Crippen molar-refractivity contribution in [3.05, 3.63) is 89.4 Å². The van der Waals surface area contributed by atoms with Crippen LogP contribution in [0.4, 0.5) is 0 Å². The molecule has 0 bridgehead atoms. The number of ether oxygens (including phenoxy) is 1. The molecule has 7 nitrogen and oxygen atoms in total. The van der Waals surface area contributed by atoms with E-state index in [0.29, 0.717) is 34.1 Å². The van der Waals surface area contributed by atoms with Crippen molar-refractivity contribution >= 4 is 29.8 Å².